The fourth-order valence-corrected chi connectivity index (χ4v) is 2.24. The van der Waals surface area contributed by atoms with Gasteiger partial charge in [0.25, 0.3) is 0 Å². The van der Waals surface area contributed by atoms with Gasteiger partial charge in [-0.1, -0.05) is 37.6 Å². The molecule has 0 spiro atoms. The van der Waals surface area contributed by atoms with Crippen molar-refractivity contribution in [1.82, 2.24) is 5.32 Å². The van der Waals surface area contributed by atoms with Crippen LogP contribution >= 0.6 is 11.6 Å². The van der Waals surface area contributed by atoms with Crippen LogP contribution in [0.2, 0.25) is 5.02 Å². The van der Waals surface area contributed by atoms with E-state index in [2.05, 4.69) is 32.2 Å². The van der Waals surface area contributed by atoms with E-state index in [-0.39, 0.29) is 18.1 Å². The minimum Gasteiger partial charge on any atom is -0.396 e. The minimum atomic E-state index is -0.00711. The molecule has 1 rings (SSSR count). The van der Waals surface area contributed by atoms with Crippen LogP contribution in [-0.2, 0) is 0 Å². The zero-order valence-electron chi connectivity index (χ0n) is 11.5. The van der Waals surface area contributed by atoms with E-state index in [0.717, 1.165) is 24.4 Å². The van der Waals surface area contributed by atoms with E-state index < -0.39 is 0 Å². The van der Waals surface area contributed by atoms with E-state index in [1.54, 1.807) is 0 Å². The second kappa shape index (κ2) is 7.13. The second-order valence-electron chi connectivity index (χ2n) is 5.02. The number of nitrogens with one attached hydrogen (secondary N) is 1. The van der Waals surface area contributed by atoms with Gasteiger partial charge >= 0.3 is 0 Å². The summed E-state index contributed by atoms with van der Waals surface area (Å²) in [7, 11) is 0. The van der Waals surface area contributed by atoms with Crippen LogP contribution in [0, 0.1) is 5.41 Å². The van der Waals surface area contributed by atoms with Crippen molar-refractivity contribution in [2.75, 3.05) is 13.2 Å². The summed E-state index contributed by atoms with van der Waals surface area (Å²) in [5.74, 6) is 0. The lowest BCUT2D eigenvalue weighted by atomic mass is 9.83. The Hall–Kier alpha value is -0.570. The molecule has 2 N–H and O–H groups in total. The Balaban J connectivity index is 2.62. The molecule has 0 aromatic heterocycles. The Kier molecular flexibility index (Phi) is 6.13. The Morgan fingerprint density at radius 3 is 2.50 bits per heavy atom. The van der Waals surface area contributed by atoms with Crippen molar-refractivity contribution >= 4 is 11.6 Å². The van der Waals surface area contributed by atoms with Crippen LogP contribution in [0.4, 0.5) is 0 Å². The molecule has 102 valence electrons. The largest absolute Gasteiger partial charge is 0.396 e. The van der Waals surface area contributed by atoms with E-state index in [9.17, 15) is 5.11 Å². The van der Waals surface area contributed by atoms with E-state index in [1.165, 1.54) is 5.56 Å². The van der Waals surface area contributed by atoms with Crippen molar-refractivity contribution in [3.05, 3.63) is 34.9 Å². The summed E-state index contributed by atoms with van der Waals surface area (Å²) in [6.45, 7) is 7.44. The van der Waals surface area contributed by atoms with E-state index >= 15 is 0 Å². The zero-order chi connectivity index (χ0) is 13.6. The summed E-state index contributed by atoms with van der Waals surface area (Å²) < 4.78 is 0. The molecule has 0 radical (unpaired) electrons. The zero-order valence-corrected chi connectivity index (χ0v) is 12.3. The van der Waals surface area contributed by atoms with Gasteiger partial charge in [0.15, 0.2) is 0 Å². The first-order valence-corrected chi connectivity index (χ1v) is 7.04. The molecule has 1 atom stereocenters. The molecule has 1 aromatic carbocycles. The number of aliphatic hydroxyl groups excluding tert-OH is 1. The molecular weight excluding hydrogens is 246 g/mol. The molecule has 3 heteroatoms. The lowest BCUT2D eigenvalue weighted by Crippen LogP contribution is -2.37. The topological polar surface area (TPSA) is 32.3 Å². The quantitative estimate of drug-likeness (QED) is 0.789. The summed E-state index contributed by atoms with van der Waals surface area (Å²) in [4.78, 5) is 0. The van der Waals surface area contributed by atoms with Gasteiger partial charge in [0.1, 0.15) is 0 Å². The van der Waals surface area contributed by atoms with Crippen LogP contribution in [0.3, 0.4) is 0 Å². The number of aliphatic hydroxyl groups is 1. The summed E-state index contributed by atoms with van der Waals surface area (Å²) >= 11 is 5.99. The van der Waals surface area contributed by atoms with Gasteiger partial charge in [-0.3, -0.25) is 0 Å². The van der Waals surface area contributed by atoms with Crippen molar-refractivity contribution in [2.45, 2.75) is 39.7 Å². The summed E-state index contributed by atoms with van der Waals surface area (Å²) in [6, 6.07) is 8.15. The van der Waals surface area contributed by atoms with Crippen LogP contribution in [0.15, 0.2) is 24.3 Å². The maximum atomic E-state index is 9.54. The van der Waals surface area contributed by atoms with Crippen molar-refractivity contribution in [1.29, 1.82) is 0 Å². The predicted octanol–water partition coefficient (Wildman–Crippen LogP) is 3.79. The molecule has 0 saturated carbocycles. The third-order valence-corrected chi connectivity index (χ3v) is 4.20. The number of hydrogen-bond acceptors (Lipinski definition) is 2. The molecule has 0 heterocycles. The number of benzene rings is 1. The van der Waals surface area contributed by atoms with E-state index in [1.807, 2.05) is 18.2 Å². The number of halogens is 1. The molecule has 0 amide bonds. The van der Waals surface area contributed by atoms with E-state index in [4.69, 9.17) is 11.6 Å². The lowest BCUT2D eigenvalue weighted by Gasteiger charge is -2.31. The minimum absolute atomic E-state index is 0.00711. The van der Waals surface area contributed by atoms with E-state index in [0.29, 0.717) is 0 Å². The number of rotatable bonds is 7. The highest BCUT2D eigenvalue weighted by Gasteiger charge is 2.25. The highest BCUT2D eigenvalue weighted by atomic mass is 35.5. The van der Waals surface area contributed by atoms with Gasteiger partial charge in [-0.05, 0) is 37.5 Å². The third-order valence-electron chi connectivity index (χ3n) is 3.97. The second-order valence-corrected chi connectivity index (χ2v) is 5.46. The van der Waals surface area contributed by atoms with Crippen molar-refractivity contribution in [3.63, 3.8) is 0 Å². The number of hydrogen-bond donors (Lipinski definition) is 2. The normalized spacial score (nSPS) is 13.6. The molecule has 0 unspecified atom stereocenters. The molecule has 0 aliphatic heterocycles. The Bertz CT molecular complexity index is 355. The lowest BCUT2D eigenvalue weighted by molar-refractivity contribution is 0.110. The third kappa shape index (κ3) is 3.98. The monoisotopic (exact) mass is 269 g/mol. The Morgan fingerprint density at radius 1 is 1.33 bits per heavy atom. The van der Waals surface area contributed by atoms with Gasteiger partial charge in [0.05, 0.1) is 0 Å². The first kappa shape index (κ1) is 15.5. The van der Waals surface area contributed by atoms with Gasteiger partial charge in [-0.25, -0.2) is 0 Å². The average Bonchev–Trinajstić information content (AvgIpc) is 2.40. The van der Waals surface area contributed by atoms with Crippen molar-refractivity contribution in [3.8, 4) is 0 Å². The Morgan fingerprint density at radius 2 is 2.00 bits per heavy atom. The smallest absolute Gasteiger partial charge is 0.0499 e. The van der Waals surface area contributed by atoms with Gasteiger partial charge in [-0.2, -0.15) is 0 Å². The molecular formula is C15H24ClNO. The highest BCUT2D eigenvalue weighted by molar-refractivity contribution is 6.30. The molecule has 0 bridgehead atoms. The van der Waals surface area contributed by atoms with Crippen LogP contribution in [-0.4, -0.2) is 18.3 Å². The molecule has 1 aromatic rings. The highest BCUT2D eigenvalue weighted by Crippen LogP contribution is 2.26. The first-order valence-electron chi connectivity index (χ1n) is 6.66. The van der Waals surface area contributed by atoms with Crippen molar-refractivity contribution in [2.24, 2.45) is 5.41 Å². The van der Waals surface area contributed by atoms with Gasteiger partial charge in [0.2, 0.25) is 0 Å². The maximum absolute atomic E-state index is 9.54. The van der Waals surface area contributed by atoms with Crippen LogP contribution in [0.5, 0.6) is 0 Å². The summed E-state index contributed by atoms with van der Waals surface area (Å²) in [5, 5.41) is 13.8. The van der Waals surface area contributed by atoms with Crippen molar-refractivity contribution < 1.29 is 5.11 Å². The molecule has 0 fully saturated rings. The standard InChI is InChI=1S/C15H24ClNO/c1-4-15(5-2,11-18)10-17-12(3)13-7-6-8-14(16)9-13/h6-9,12,17-18H,4-5,10-11H2,1-3H3/t12-/m0/s1. The fourth-order valence-electron chi connectivity index (χ4n) is 2.04. The van der Waals surface area contributed by atoms with Crippen LogP contribution in [0.1, 0.15) is 45.2 Å². The molecule has 0 aliphatic rings. The molecule has 0 saturated heterocycles. The summed E-state index contributed by atoms with van der Waals surface area (Å²) in [5.41, 5.74) is 1.17. The summed E-state index contributed by atoms with van der Waals surface area (Å²) in [6.07, 6.45) is 1.96. The first-order chi connectivity index (χ1) is 8.56. The molecule has 0 aliphatic carbocycles. The van der Waals surface area contributed by atoms with Gasteiger partial charge < -0.3 is 10.4 Å². The maximum Gasteiger partial charge on any atom is 0.0499 e. The van der Waals surface area contributed by atoms with Gasteiger partial charge in [-0.15, -0.1) is 0 Å². The average molecular weight is 270 g/mol. The predicted molar refractivity (Wildman–Crippen MR) is 78.0 cm³/mol. The Labute approximate surface area is 115 Å². The SMILES string of the molecule is CCC(CC)(CO)CN[C@@H](C)c1cccc(Cl)c1. The van der Waals surface area contributed by atoms with Crippen LogP contribution in [0.25, 0.3) is 0 Å². The van der Waals surface area contributed by atoms with Crippen LogP contribution < -0.4 is 5.32 Å². The molecule has 2 nitrogen and oxygen atoms in total. The van der Waals surface area contributed by atoms with Gasteiger partial charge in [0, 0.05) is 29.6 Å². The molecule has 18 heavy (non-hydrogen) atoms. The fraction of sp³-hybridized carbons (Fsp3) is 0.600.